The molecule has 0 fully saturated rings. The number of ether oxygens (including phenoxy) is 1. The van der Waals surface area contributed by atoms with E-state index in [1.807, 2.05) is 38.1 Å². The number of hydrogen-bond acceptors (Lipinski definition) is 3. The maximum atomic E-state index is 12.2. The molecule has 0 unspecified atom stereocenters. The second-order valence-corrected chi connectivity index (χ2v) is 6.21. The average molecular weight is 372 g/mol. The number of carboxylic acid groups (broad SMARTS) is 1. The van der Waals surface area contributed by atoms with Gasteiger partial charge in [-0.25, -0.2) is 0 Å². The predicted molar refractivity (Wildman–Crippen MR) is 87.5 cm³/mol. The van der Waals surface area contributed by atoms with Crippen molar-refractivity contribution < 1.29 is 19.4 Å². The van der Waals surface area contributed by atoms with Crippen LogP contribution in [0.5, 0.6) is 0 Å². The van der Waals surface area contributed by atoms with E-state index >= 15 is 0 Å². The second kappa shape index (κ2) is 9.58. The molecular weight excluding hydrogens is 350 g/mol. The molecule has 6 heteroatoms. The summed E-state index contributed by atoms with van der Waals surface area (Å²) < 4.78 is 6.29. The lowest BCUT2D eigenvalue weighted by molar-refractivity contribution is -0.145. The fourth-order valence-corrected chi connectivity index (χ4v) is 2.40. The smallest absolute Gasteiger partial charge is 0.323 e. The number of halogens is 1. The Labute approximate surface area is 139 Å². The molecule has 0 saturated carbocycles. The first-order valence-electron chi connectivity index (χ1n) is 7.24. The van der Waals surface area contributed by atoms with Gasteiger partial charge in [-0.15, -0.1) is 0 Å². The van der Waals surface area contributed by atoms with Crippen LogP contribution in [0.1, 0.15) is 32.3 Å². The van der Waals surface area contributed by atoms with Gasteiger partial charge in [0.2, 0.25) is 5.91 Å². The van der Waals surface area contributed by atoms with Crippen LogP contribution >= 0.6 is 15.9 Å². The predicted octanol–water partition coefficient (Wildman–Crippen LogP) is 3.07. The number of carboxylic acids is 1. The van der Waals surface area contributed by atoms with E-state index in [1.54, 1.807) is 0 Å². The molecule has 0 aliphatic rings. The summed E-state index contributed by atoms with van der Waals surface area (Å²) in [5, 5.41) is 8.98. The van der Waals surface area contributed by atoms with Crippen LogP contribution in [-0.4, -0.2) is 41.1 Å². The number of benzene rings is 1. The van der Waals surface area contributed by atoms with Gasteiger partial charge in [0.25, 0.3) is 0 Å². The molecule has 5 nitrogen and oxygen atoms in total. The maximum Gasteiger partial charge on any atom is 0.323 e. The van der Waals surface area contributed by atoms with Crippen LogP contribution in [0.4, 0.5) is 0 Å². The standard InChI is InChI=1S/C16H22BrNO4/c1-12(2)22-8-4-7-15(19)18(11-16(20)21)10-13-5-3-6-14(17)9-13/h3,5-6,9,12H,4,7-8,10-11H2,1-2H3,(H,20,21). The molecule has 0 saturated heterocycles. The third-order valence-electron chi connectivity index (χ3n) is 2.93. The number of aliphatic carboxylic acids is 1. The molecule has 0 spiro atoms. The topological polar surface area (TPSA) is 66.8 Å². The average Bonchev–Trinajstić information content (AvgIpc) is 2.42. The highest BCUT2D eigenvalue weighted by molar-refractivity contribution is 9.10. The zero-order valence-corrected chi connectivity index (χ0v) is 14.5. The zero-order valence-electron chi connectivity index (χ0n) is 12.9. The summed E-state index contributed by atoms with van der Waals surface area (Å²) in [5.74, 6) is -1.18. The fourth-order valence-electron chi connectivity index (χ4n) is 1.95. The van der Waals surface area contributed by atoms with Gasteiger partial charge < -0.3 is 14.7 Å². The molecule has 0 bridgehead atoms. The number of nitrogens with zero attached hydrogens (tertiary/aromatic N) is 1. The van der Waals surface area contributed by atoms with Gasteiger partial charge in [0, 0.05) is 24.0 Å². The van der Waals surface area contributed by atoms with Crippen LogP contribution in [0, 0.1) is 0 Å². The highest BCUT2D eigenvalue weighted by Gasteiger charge is 2.17. The largest absolute Gasteiger partial charge is 0.480 e. The van der Waals surface area contributed by atoms with Gasteiger partial charge in [0.1, 0.15) is 6.54 Å². The lowest BCUT2D eigenvalue weighted by atomic mass is 10.2. The molecule has 0 aromatic heterocycles. The van der Waals surface area contributed by atoms with Gasteiger partial charge in [0.15, 0.2) is 0 Å². The summed E-state index contributed by atoms with van der Waals surface area (Å²) in [5.41, 5.74) is 0.891. The molecule has 22 heavy (non-hydrogen) atoms. The maximum absolute atomic E-state index is 12.2. The first kappa shape index (κ1) is 18.6. The van der Waals surface area contributed by atoms with Crippen LogP contribution < -0.4 is 0 Å². The lowest BCUT2D eigenvalue weighted by Gasteiger charge is -2.21. The van der Waals surface area contributed by atoms with Gasteiger partial charge in [-0.3, -0.25) is 9.59 Å². The lowest BCUT2D eigenvalue weighted by Crippen LogP contribution is -2.35. The summed E-state index contributed by atoms with van der Waals surface area (Å²) in [6.07, 6.45) is 1.01. The Morgan fingerprint density at radius 1 is 1.36 bits per heavy atom. The Balaban J connectivity index is 2.59. The normalized spacial score (nSPS) is 10.7. The summed E-state index contributed by atoms with van der Waals surface area (Å²) in [6, 6.07) is 7.49. The van der Waals surface area contributed by atoms with Gasteiger partial charge in [-0.2, -0.15) is 0 Å². The highest BCUT2D eigenvalue weighted by atomic mass is 79.9. The molecule has 0 radical (unpaired) electrons. The van der Waals surface area contributed by atoms with Gasteiger partial charge in [-0.1, -0.05) is 28.1 Å². The van der Waals surface area contributed by atoms with Gasteiger partial charge in [-0.05, 0) is 38.0 Å². The molecular formula is C16H22BrNO4. The Bertz CT molecular complexity index is 505. The van der Waals surface area contributed by atoms with Crippen molar-refractivity contribution in [1.82, 2.24) is 4.90 Å². The summed E-state index contributed by atoms with van der Waals surface area (Å²) in [7, 11) is 0. The molecule has 1 rings (SSSR count). The number of hydrogen-bond donors (Lipinski definition) is 1. The van der Waals surface area contributed by atoms with E-state index in [2.05, 4.69) is 15.9 Å². The first-order chi connectivity index (χ1) is 10.4. The number of carbonyl (C=O) groups is 2. The zero-order chi connectivity index (χ0) is 16.5. The summed E-state index contributed by atoms with van der Waals surface area (Å²) in [4.78, 5) is 24.5. The van der Waals surface area contributed by atoms with Crippen LogP contribution in [0.3, 0.4) is 0 Å². The van der Waals surface area contributed by atoms with Gasteiger partial charge in [0.05, 0.1) is 6.10 Å². The van der Waals surface area contributed by atoms with Crippen molar-refractivity contribution in [2.45, 2.75) is 39.3 Å². The Morgan fingerprint density at radius 2 is 2.09 bits per heavy atom. The Hall–Kier alpha value is -1.40. The van der Waals surface area contributed by atoms with E-state index in [0.717, 1.165) is 10.0 Å². The van der Waals surface area contributed by atoms with Crippen LogP contribution in [0.15, 0.2) is 28.7 Å². The van der Waals surface area contributed by atoms with Crippen molar-refractivity contribution in [2.24, 2.45) is 0 Å². The Morgan fingerprint density at radius 3 is 2.68 bits per heavy atom. The van der Waals surface area contributed by atoms with Crippen molar-refractivity contribution in [2.75, 3.05) is 13.2 Å². The molecule has 0 aliphatic heterocycles. The minimum atomic E-state index is -1.01. The molecule has 1 N–H and O–H groups in total. The van der Waals surface area contributed by atoms with Crippen molar-refractivity contribution in [3.05, 3.63) is 34.3 Å². The van der Waals surface area contributed by atoms with E-state index < -0.39 is 5.97 Å². The third-order valence-corrected chi connectivity index (χ3v) is 3.42. The van der Waals surface area contributed by atoms with Crippen molar-refractivity contribution >= 4 is 27.8 Å². The number of rotatable bonds is 9. The third kappa shape index (κ3) is 7.56. The van der Waals surface area contributed by atoms with E-state index in [9.17, 15) is 9.59 Å². The molecule has 1 aromatic rings. The highest BCUT2D eigenvalue weighted by Crippen LogP contribution is 2.14. The fraction of sp³-hybridized carbons (Fsp3) is 0.500. The van der Waals surface area contributed by atoms with E-state index in [4.69, 9.17) is 9.84 Å². The summed E-state index contributed by atoms with van der Waals surface area (Å²) >= 11 is 3.37. The number of amides is 1. The Kier molecular flexibility index (Phi) is 8.12. The van der Waals surface area contributed by atoms with Crippen molar-refractivity contribution in [1.29, 1.82) is 0 Å². The monoisotopic (exact) mass is 371 g/mol. The van der Waals surface area contributed by atoms with E-state index in [0.29, 0.717) is 13.0 Å². The molecule has 122 valence electrons. The van der Waals surface area contributed by atoms with Crippen molar-refractivity contribution in [3.8, 4) is 0 Å². The van der Waals surface area contributed by atoms with Gasteiger partial charge >= 0.3 is 5.97 Å². The van der Waals surface area contributed by atoms with Crippen LogP contribution in [0.2, 0.25) is 0 Å². The molecule has 0 aliphatic carbocycles. The van der Waals surface area contributed by atoms with Crippen molar-refractivity contribution in [3.63, 3.8) is 0 Å². The minimum absolute atomic E-state index is 0.131. The van der Waals surface area contributed by atoms with E-state index in [1.165, 1.54) is 4.90 Å². The quantitative estimate of drug-likeness (QED) is 0.677. The second-order valence-electron chi connectivity index (χ2n) is 5.30. The molecule has 0 heterocycles. The first-order valence-corrected chi connectivity index (χ1v) is 8.03. The molecule has 1 aromatic carbocycles. The molecule has 1 amide bonds. The number of carbonyl (C=O) groups excluding carboxylic acids is 1. The minimum Gasteiger partial charge on any atom is -0.480 e. The molecule has 0 atom stereocenters. The summed E-state index contributed by atoms with van der Waals surface area (Å²) in [6.45, 7) is 4.37. The SMILES string of the molecule is CC(C)OCCCC(=O)N(CC(=O)O)Cc1cccc(Br)c1. The van der Waals surface area contributed by atoms with E-state index in [-0.39, 0.29) is 31.5 Å². The van der Waals surface area contributed by atoms with Crippen LogP contribution in [-0.2, 0) is 20.9 Å². The van der Waals surface area contributed by atoms with Crippen LogP contribution in [0.25, 0.3) is 0 Å².